The maximum atomic E-state index is 12.2. The van der Waals surface area contributed by atoms with Crippen molar-refractivity contribution in [3.05, 3.63) is 35.4 Å². The van der Waals surface area contributed by atoms with E-state index in [0.29, 0.717) is 12.1 Å². The minimum absolute atomic E-state index is 0.0622. The predicted molar refractivity (Wildman–Crippen MR) is 83.9 cm³/mol. The summed E-state index contributed by atoms with van der Waals surface area (Å²) in [5.74, 6) is -2.96. The molecule has 1 aromatic rings. The first-order chi connectivity index (χ1) is 11.4. The van der Waals surface area contributed by atoms with Crippen LogP contribution >= 0.6 is 0 Å². The number of rotatable bonds is 5. The molecule has 128 valence electrons. The molecule has 3 amide bonds. The molecule has 0 bridgehead atoms. The number of carbonyl (C=O) groups is 4. The van der Waals surface area contributed by atoms with Crippen molar-refractivity contribution < 1.29 is 24.3 Å². The molecule has 0 fully saturated rings. The fraction of sp³-hybridized carbons (Fsp3) is 0.375. The second kappa shape index (κ2) is 7.58. The van der Waals surface area contributed by atoms with Crippen LogP contribution in [0.5, 0.6) is 0 Å². The molecule has 8 heteroatoms. The Labute approximate surface area is 138 Å². The fourth-order valence-corrected chi connectivity index (χ4v) is 2.56. The van der Waals surface area contributed by atoms with E-state index in [1.165, 1.54) is 11.8 Å². The molecule has 1 unspecified atom stereocenters. The third-order valence-corrected chi connectivity index (χ3v) is 3.78. The van der Waals surface area contributed by atoms with Crippen molar-refractivity contribution in [1.29, 1.82) is 0 Å². The molecule has 0 radical (unpaired) electrons. The molecule has 1 aliphatic rings. The van der Waals surface area contributed by atoms with Crippen molar-refractivity contribution in [2.45, 2.75) is 19.4 Å². The van der Waals surface area contributed by atoms with Gasteiger partial charge in [0, 0.05) is 20.0 Å². The van der Waals surface area contributed by atoms with E-state index in [2.05, 4.69) is 10.6 Å². The first kappa shape index (κ1) is 17.5. The number of fused-ring (bicyclic) bond motifs is 1. The fourth-order valence-electron chi connectivity index (χ4n) is 2.56. The van der Waals surface area contributed by atoms with E-state index in [4.69, 9.17) is 0 Å². The number of amides is 3. The highest BCUT2D eigenvalue weighted by molar-refractivity contribution is 5.88. The van der Waals surface area contributed by atoms with Gasteiger partial charge in [-0.15, -0.1) is 0 Å². The monoisotopic (exact) mass is 333 g/mol. The molecule has 0 saturated heterocycles. The van der Waals surface area contributed by atoms with Crippen LogP contribution in [0.3, 0.4) is 0 Å². The van der Waals surface area contributed by atoms with Crippen LogP contribution in [0.25, 0.3) is 0 Å². The molecule has 3 N–H and O–H groups in total. The molecule has 0 saturated carbocycles. The Bertz CT molecular complexity index is 673. The summed E-state index contributed by atoms with van der Waals surface area (Å²) in [6.07, 6.45) is 0. The normalized spacial score (nSPS) is 16.0. The zero-order chi connectivity index (χ0) is 17.7. The minimum atomic E-state index is -0.991. The molecule has 0 aliphatic carbocycles. The van der Waals surface area contributed by atoms with E-state index in [0.717, 1.165) is 5.56 Å². The molecule has 1 heterocycles. The lowest BCUT2D eigenvalue weighted by Gasteiger charge is -2.32. The molecule has 1 aromatic carbocycles. The van der Waals surface area contributed by atoms with Crippen LogP contribution < -0.4 is 10.6 Å². The minimum Gasteiger partial charge on any atom is -0.481 e. The number of nitrogens with zero attached hydrogens (tertiary/aromatic N) is 1. The first-order valence-electron chi connectivity index (χ1n) is 7.48. The summed E-state index contributed by atoms with van der Waals surface area (Å²) in [6, 6.07) is 7.11. The Kier molecular flexibility index (Phi) is 5.51. The van der Waals surface area contributed by atoms with Gasteiger partial charge < -0.3 is 20.6 Å². The number of carbonyl (C=O) groups excluding carboxylic acids is 3. The van der Waals surface area contributed by atoms with Gasteiger partial charge >= 0.3 is 5.97 Å². The van der Waals surface area contributed by atoms with Crippen molar-refractivity contribution in [3.8, 4) is 0 Å². The predicted octanol–water partition coefficient (Wildman–Crippen LogP) is -0.551. The number of carboxylic acid groups (broad SMARTS) is 1. The Morgan fingerprint density at radius 1 is 1.17 bits per heavy atom. The van der Waals surface area contributed by atoms with E-state index in [-0.39, 0.29) is 31.4 Å². The molecular weight excluding hydrogens is 314 g/mol. The average molecular weight is 333 g/mol. The van der Waals surface area contributed by atoms with Crippen LogP contribution in [0.15, 0.2) is 24.3 Å². The SMILES string of the molecule is CC(=O)NCC(=O)NCC(=O)N1Cc2ccccc2C(C(=O)O)C1. The molecule has 24 heavy (non-hydrogen) atoms. The quantitative estimate of drug-likeness (QED) is 0.669. The summed E-state index contributed by atoms with van der Waals surface area (Å²) in [7, 11) is 0. The summed E-state index contributed by atoms with van der Waals surface area (Å²) in [5.41, 5.74) is 1.50. The highest BCUT2D eigenvalue weighted by Crippen LogP contribution is 2.28. The van der Waals surface area contributed by atoms with Crippen LogP contribution in [0, 0.1) is 0 Å². The van der Waals surface area contributed by atoms with Crippen LogP contribution in [0.2, 0.25) is 0 Å². The number of hydrogen-bond acceptors (Lipinski definition) is 4. The molecule has 8 nitrogen and oxygen atoms in total. The lowest BCUT2D eigenvalue weighted by molar-refractivity contribution is -0.141. The number of carboxylic acids is 1. The van der Waals surface area contributed by atoms with Gasteiger partial charge in [0.1, 0.15) is 0 Å². The summed E-state index contributed by atoms with van der Waals surface area (Å²) >= 11 is 0. The van der Waals surface area contributed by atoms with Crippen LogP contribution in [-0.2, 0) is 25.7 Å². The van der Waals surface area contributed by atoms with E-state index >= 15 is 0 Å². The Morgan fingerprint density at radius 2 is 1.88 bits per heavy atom. The zero-order valence-corrected chi connectivity index (χ0v) is 13.2. The van der Waals surface area contributed by atoms with Gasteiger partial charge in [0.2, 0.25) is 17.7 Å². The molecule has 1 atom stereocenters. The van der Waals surface area contributed by atoms with Gasteiger partial charge in [-0.1, -0.05) is 24.3 Å². The van der Waals surface area contributed by atoms with Crippen LogP contribution in [0.1, 0.15) is 24.0 Å². The summed E-state index contributed by atoms with van der Waals surface area (Å²) < 4.78 is 0. The van der Waals surface area contributed by atoms with Gasteiger partial charge in [0.25, 0.3) is 0 Å². The van der Waals surface area contributed by atoms with Crippen LogP contribution in [-0.4, -0.2) is 53.3 Å². The lowest BCUT2D eigenvalue weighted by atomic mass is 9.90. The Hall–Kier alpha value is -2.90. The van der Waals surface area contributed by atoms with Gasteiger partial charge in [-0.05, 0) is 11.1 Å². The first-order valence-corrected chi connectivity index (χ1v) is 7.48. The molecule has 2 rings (SSSR count). The highest BCUT2D eigenvalue weighted by atomic mass is 16.4. The van der Waals surface area contributed by atoms with Gasteiger partial charge in [-0.25, -0.2) is 0 Å². The maximum absolute atomic E-state index is 12.2. The second-order valence-electron chi connectivity index (χ2n) is 5.55. The zero-order valence-electron chi connectivity index (χ0n) is 13.2. The summed E-state index contributed by atoms with van der Waals surface area (Å²) in [5, 5.41) is 14.1. The third-order valence-electron chi connectivity index (χ3n) is 3.78. The van der Waals surface area contributed by atoms with Crippen molar-refractivity contribution in [2.24, 2.45) is 0 Å². The van der Waals surface area contributed by atoms with Crippen molar-refractivity contribution >= 4 is 23.7 Å². The van der Waals surface area contributed by atoms with Gasteiger partial charge in [0.05, 0.1) is 19.0 Å². The van der Waals surface area contributed by atoms with Crippen molar-refractivity contribution in [2.75, 3.05) is 19.6 Å². The average Bonchev–Trinajstić information content (AvgIpc) is 2.56. The second-order valence-corrected chi connectivity index (χ2v) is 5.55. The highest BCUT2D eigenvalue weighted by Gasteiger charge is 2.32. The maximum Gasteiger partial charge on any atom is 0.312 e. The van der Waals surface area contributed by atoms with E-state index < -0.39 is 17.8 Å². The van der Waals surface area contributed by atoms with Gasteiger partial charge in [0.15, 0.2) is 0 Å². The van der Waals surface area contributed by atoms with E-state index in [1.807, 2.05) is 0 Å². The number of hydrogen-bond donors (Lipinski definition) is 3. The Morgan fingerprint density at radius 3 is 2.54 bits per heavy atom. The van der Waals surface area contributed by atoms with Crippen LogP contribution in [0.4, 0.5) is 0 Å². The topological polar surface area (TPSA) is 116 Å². The number of aliphatic carboxylic acids is 1. The third kappa shape index (κ3) is 4.31. The lowest BCUT2D eigenvalue weighted by Crippen LogP contribution is -2.46. The van der Waals surface area contributed by atoms with Crippen molar-refractivity contribution in [3.63, 3.8) is 0 Å². The van der Waals surface area contributed by atoms with Gasteiger partial charge in [-0.2, -0.15) is 0 Å². The molecule has 0 aromatic heterocycles. The summed E-state index contributed by atoms with van der Waals surface area (Å²) in [6.45, 7) is 1.21. The summed E-state index contributed by atoms with van der Waals surface area (Å²) in [4.78, 5) is 47.4. The standard InChI is InChI=1S/C16H19N3O5/c1-10(20)17-6-14(21)18-7-15(22)19-8-11-4-2-3-5-12(11)13(9-19)16(23)24/h2-5,13H,6-9H2,1H3,(H,17,20)(H,18,21)(H,23,24). The largest absolute Gasteiger partial charge is 0.481 e. The Balaban J connectivity index is 1.97. The molecule has 0 spiro atoms. The molecular formula is C16H19N3O5. The van der Waals surface area contributed by atoms with Crippen molar-refractivity contribution in [1.82, 2.24) is 15.5 Å². The smallest absolute Gasteiger partial charge is 0.312 e. The number of nitrogens with one attached hydrogen (secondary N) is 2. The molecule has 1 aliphatic heterocycles. The number of benzene rings is 1. The van der Waals surface area contributed by atoms with Gasteiger partial charge in [-0.3, -0.25) is 19.2 Å². The van der Waals surface area contributed by atoms with E-state index in [1.54, 1.807) is 24.3 Å². The van der Waals surface area contributed by atoms with E-state index in [9.17, 15) is 24.3 Å².